The minimum absolute atomic E-state index is 0.0905. The second-order valence-electron chi connectivity index (χ2n) is 12.5. The molecule has 1 atom stereocenters. The molecule has 1 aliphatic carbocycles. The van der Waals surface area contributed by atoms with Gasteiger partial charge >= 0.3 is 0 Å². The maximum absolute atomic E-state index is 8.85. The van der Waals surface area contributed by atoms with Gasteiger partial charge in [0.15, 0.2) is 0 Å². The Morgan fingerprint density at radius 3 is 2.07 bits per heavy atom. The van der Waals surface area contributed by atoms with Gasteiger partial charge in [-0.3, -0.25) is 5.41 Å². The van der Waals surface area contributed by atoms with Crippen LogP contribution < -0.4 is 5.32 Å². The summed E-state index contributed by atoms with van der Waals surface area (Å²) >= 11 is 0. The fourth-order valence-corrected chi connectivity index (χ4v) is 6.97. The van der Waals surface area contributed by atoms with Crippen LogP contribution in [0.25, 0.3) is 44.1 Å². The molecule has 0 saturated carbocycles. The van der Waals surface area contributed by atoms with Crippen molar-refractivity contribution < 1.29 is 0 Å². The Morgan fingerprint density at radius 1 is 0.652 bits per heavy atom. The molecule has 0 saturated heterocycles. The molecule has 0 radical (unpaired) electrons. The first-order valence-electron chi connectivity index (χ1n) is 15.8. The highest BCUT2D eigenvalue weighted by Crippen LogP contribution is 2.50. The number of rotatable bonds is 6. The minimum atomic E-state index is -0.451. The van der Waals surface area contributed by atoms with E-state index in [4.69, 9.17) is 10.4 Å². The molecule has 0 fully saturated rings. The van der Waals surface area contributed by atoms with E-state index in [1.807, 2.05) is 54.9 Å². The van der Waals surface area contributed by atoms with E-state index in [0.29, 0.717) is 5.84 Å². The van der Waals surface area contributed by atoms with Gasteiger partial charge in [-0.15, -0.1) is 0 Å². The zero-order chi connectivity index (χ0) is 31.3. The number of nitrogens with zero attached hydrogens (tertiary/aromatic N) is 2. The van der Waals surface area contributed by atoms with Gasteiger partial charge in [0.25, 0.3) is 0 Å². The molecule has 0 bridgehead atoms. The first kappa shape index (κ1) is 27.8. The van der Waals surface area contributed by atoms with Crippen LogP contribution in [-0.2, 0) is 5.41 Å². The molecule has 8 rings (SSSR count). The van der Waals surface area contributed by atoms with Crippen LogP contribution >= 0.6 is 0 Å². The summed E-state index contributed by atoms with van der Waals surface area (Å²) in [6.45, 7) is 4.66. The van der Waals surface area contributed by atoms with Crippen LogP contribution in [0.5, 0.6) is 0 Å². The predicted molar refractivity (Wildman–Crippen MR) is 192 cm³/mol. The lowest BCUT2D eigenvalue weighted by Crippen LogP contribution is -2.27. The quantitative estimate of drug-likeness (QED) is 0.146. The van der Waals surface area contributed by atoms with Crippen LogP contribution in [0.1, 0.15) is 42.3 Å². The van der Waals surface area contributed by atoms with Gasteiger partial charge in [-0.2, -0.15) is 0 Å². The Labute approximate surface area is 269 Å². The Hall–Kier alpha value is -5.74. The number of nitrogens with one attached hydrogen (secondary N) is 2. The third kappa shape index (κ3) is 4.62. The van der Waals surface area contributed by atoms with Gasteiger partial charge in [-0.1, -0.05) is 141 Å². The number of fused-ring (bicyclic) bond motifs is 6. The van der Waals surface area contributed by atoms with E-state index in [-0.39, 0.29) is 5.41 Å². The lowest BCUT2D eigenvalue weighted by molar-refractivity contribution is 0.661. The van der Waals surface area contributed by atoms with Crippen molar-refractivity contribution in [2.45, 2.75) is 25.4 Å². The van der Waals surface area contributed by atoms with Crippen LogP contribution in [0.15, 0.2) is 151 Å². The van der Waals surface area contributed by atoms with Crippen molar-refractivity contribution >= 4 is 34.0 Å². The lowest BCUT2D eigenvalue weighted by Gasteiger charge is -2.21. The molecule has 6 aromatic carbocycles. The molecule has 1 aromatic heterocycles. The maximum atomic E-state index is 8.85. The van der Waals surface area contributed by atoms with E-state index < -0.39 is 6.17 Å². The van der Waals surface area contributed by atoms with Crippen LogP contribution in [0.4, 0.5) is 0 Å². The Kier molecular flexibility index (Phi) is 6.65. The Balaban J connectivity index is 1.33. The SMILES string of the molecule is CC1(C)c2ccccc2-c2cc3c(cc21)c1ccc(-c2ccccc2)cc1n3/C=N/C(NC(=N)c1ccccc1)c1ccccc1. The largest absolute Gasteiger partial charge is 0.345 e. The summed E-state index contributed by atoms with van der Waals surface area (Å²) in [6.07, 6.45) is 1.49. The smallest absolute Gasteiger partial charge is 0.147 e. The zero-order valence-corrected chi connectivity index (χ0v) is 25.9. The Bertz CT molecular complexity index is 2260. The highest BCUT2D eigenvalue weighted by molar-refractivity contribution is 6.14. The van der Waals surface area contributed by atoms with Crippen molar-refractivity contribution in [1.29, 1.82) is 5.41 Å². The molecule has 4 heteroatoms. The van der Waals surface area contributed by atoms with Gasteiger partial charge in [0, 0.05) is 21.8 Å². The fraction of sp³-hybridized carbons (Fsp3) is 0.0952. The van der Waals surface area contributed by atoms with Crippen LogP contribution in [0.2, 0.25) is 0 Å². The Morgan fingerprint density at radius 2 is 1.30 bits per heavy atom. The second kappa shape index (κ2) is 11.0. The van der Waals surface area contributed by atoms with E-state index in [1.165, 1.54) is 38.6 Å². The molecule has 222 valence electrons. The molecule has 1 aliphatic rings. The fourth-order valence-electron chi connectivity index (χ4n) is 6.97. The summed E-state index contributed by atoms with van der Waals surface area (Å²) < 4.78 is 2.23. The van der Waals surface area contributed by atoms with Gasteiger partial charge in [0.1, 0.15) is 12.0 Å². The molecule has 1 unspecified atom stereocenters. The summed E-state index contributed by atoms with van der Waals surface area (Å²) in [5, 5.41) is 14.6. The average Bonchev–Trinajstić information content (AvgIpc) is 3.53. The van der Waals surface area contributed by atoms with E-state index in [9.17, 15) is 0 Å². The number of aromatic nitrogens is 1. The standard InChI is InChI=1S/C42H34N4/c1-42(2)36-21-13-12-20-32(36)34-26-39-35(25-37(34)42)33-23-22-31(28-14-6-3-7-15-28)24-38(33)46(39)27-44-41(30-18-10-5-11-19-30)45-40(43)29-16-8-4-9-17-29/h3-27,41H,1-2H3,(H2,43,45)/b44-27+. The molecule has 1 heterocycles. The van der Waals surface area contributed by atoms with Crippen LogP contribution in [-0.4, -0.2) is 16.7 Å². The third-order valence-corrected chi connectivity index (χ3v) is 9.40. The van der Waals surface area contributed by atoms with Crippen molar-refractivity contribution in [3.8, 4) is 22.3 Å². The predicted octanol–water partition coefficient (Wildman–Crippen LogP) is 9.96. The van der Waals surface area contributed by atoms with Crippen LogP contribution in [0.3, 0.4) is 0 Å². The van der Waals surface area contributed by atoms with Gasteiger partial charge in [-0.05, 0) is 57.1 Å². The number of amidine groups is 1. The molecular formula is C42H34N4. The minimum Gasteiger partial charge on any atom is -0.345 e. The lowest BCUT2D eigenvalue weighted by atomic mass is 9.82. The summed E-state index contributed by atoms with van der Waals surface area (Å²) in [4.78, 5) is 5.16. The van der Waals surface area contributed by atoms with Gasteiger partial charge in [0.05, 0.1) is 17.4 Å². The van der Waals surface area contributed by atoms with Crippen molar-refractivity contribution in [3.05, 3.63) is 168 Å². The van der Waals surface area contributed by atoms with Crippen molar-refractivity contribution in [1.82, 2.24) is 9.88 Å². The molecule has 0 amide bonds. The molecule has 0 aliphatic heterocycles. The maximum Gasteiger partial charge on any atom is 0.147 e. The van der Waals surface area contributed by atoms with E-state index >= 15 is 0 Å². The van der Waals surface area contributed by atoms with Gasteiger partial charge < -0.3 is 9.88 Å². The summed E-state index contributed by atoms with van der Waals surface area (Å²) in [5.41, 5.74) is 11.5. The number of hydrogen-bond acceptors (Lipinski definition) is 2. The second-order valence-corrected chi connectivity index (χ2v) is 12.5. The monoisotopic (exact) mass is 594 g/mol. The molecular weight excluding hydrogens is 560 g/mol. The highest BCUT2D eigenvalue weighted by Gasteiger charge is 2.36. The average molecular weight is 595 g/mol. The van der Waals surface area contributed by atoms with E-state index in [0.717, 1.165) is 27.7 Å². The van der Waals surface area contributed by atoms with Gasteiger partial charge in [-0.25, -0.2) is 4.99 Å². The number of hydrogen-bond donors (Lipinski definition) is 2. The summed E-state index contributed by atoms with van der Waals surface area (Å²) in [6, 6.07) is 50.7. The third-order valence-electron chi connectivity index (χ3n) is 9.40. The number of aliphatic imine (C=N–C) groups is 1. The van der Waals surface area contributed by atoms with E-state index in [2.05, 4.69) is 121 Å². The van der Waals surface area contributed by atoms with Crippen molar-refractivity contribution in [2.75, 3.05) is 0 Å². The van der Waals surface area contributed by atoms with Crippen LogP contribution in [0, 0.1) is 5.41 Å². The summed E-state index contributed by atoms with van der Waals surface area (Å²) in [5.74, 6) is 0.330. The first-order chi connectivity index (χ1) is 22.5. The normalized spacial score (nSPS) is 14.0. The highest BCUT2D eigenvalue weighted by atomic mass is 15.1. The molecule has 2 N–H and O–H groups in total. The molecule has 4 nitrogen and oxygen atoms in total. The topological polar surface area (TPSA) is 53.2 Å². The van der Waals surface area contributed by atoms with Crippen molar-refractivity contribution in [2.24, 2.45) is 4.99 Å². The molecule has 46 heavy (non-hydrogen) atoms. The first-order valence-corrected chi connectivity index (χ1v) is 15.8. The van der Waals surface area contributed by atoms with E-state index in [1.54, 1.807) is 0 Å². The molecule has 0 spiro atoms. The summed E-state index contributed by atoms with van der Waals surface area (Å²) in [7, 11) is 0. The van der Waals surface area contributed by atoms with Gasteiger partial charge in [0.2, 0.25) is 0 Å². The molecule has 7 aromatic rings. The van der Waals surface area contributed by atoms with Crippen molar-refractivity contribution in [3.63, 3.8) is 0 Å². The zero-order valence-electron chi connectivity index (χ0n) is 25.9. The number of benzene rings is 6.